The summed E-state index contributed by atoms with van der Waals surface area (Å²) in [6.07, 6.45) is 0.768. The highest BCUT2D eigenvalue weighted by Crippen LogP contribution is 2.38. The van der Waals surface area contributed by atoms with Gasteiger partial charge < -0.3 is 9.64 Å². The van der Waals surface area contributed by atoms with Crippen molar-refractivity contribution in [1.82, 2.24) is 9.21 Å². The van der Waals surface area contributed by atoms with Crippen LogP contribution in [-0.2, 0) is 26.0 Å². The van der Waals surface area contributed by atoms with Crippen LogP contribution in [0.2, 0.25) is 0 Å². The summed E-state index contributed by atoms with van der Waals surface area (Å²) in [7, 11) is -2.32. The number of nitrogens with zero attached hydrogens (tertiary/aromatic N) is 2. The minimum absolute atomic E-state index is 0.103. The van der Waals surface area contributed by atoms with Gasteiger partial charge in [0.05, 0.1) is 24.1 Å². The molecule has 8 heteroatoms. The molecule has 1 atom stereocenters. The minimum atomic E-state index is -3.84. The number of methoxy groups -OCH3 is 1. The maximum atomic E-state index is 13.6. The number of hydrogen-bond donors (Lipinski definition) is 0. The lowest BCUT2D eigenvalue weighted by Gasteiger charge is -2.37. The third kappa shape index (κ3) is 5.04. The highest BCUT2D eigenvalue weighted by atomic mass is 32.2. The summed E-state index contributed by atoms with van der Waals surface area (Å²) in [6, 6.07) is 18.3. The second kappa shape index (κ2) is 10.2. The molecule has 0 aliphatic carbocycles. The first kappa shape index (κ1) is 23.6. The zero-order chi connectivity index (χ0) is 23.4. The Bertz CT molecular complexity index is 1190. The third-order valence-electron chi connectivity index (χ3n) is 5.92. The second-order valence-electron chi connectivity index (χ2n) is 8.09. The van der Waals surface area contributed by atoms with Crippen LogP contribution in [0, 0.1) is 6.92 Å². The Labute approximate surface area is 199 Å². The van der Waals surface area contributed by atoms with Gasteiger partial charge in [-0.1, -0.05) is 48.0 Å². The molecule has 0 saturated heterocycles. The Morgan fingerprint density at radius 3 is 2.55 bits per heavy atom. The lowest BCUT2D eigenvalue weighted by Crippen LogP contribution is -2.47. The normalized spacial score (nSPS) is 16.1. The Morgan fingerprint density at radius 2 is 1.85 bits per heavy atom. The number of thiophene rings is 1. The van der Waals surface area contributed by atoms with Crippen LogP contribution in [-0.4, -0.2) is 56.9 Å². The molecule has 3 aromatic rings. The smallest absolute Gasteiger partial charge is 0.243 e. The number of benzene rings is 2. The summed E-state index contributed by atoms with van der Waals surface area (Å²) in [6.45, 7) is 2.66. The second-order valence-corrected chi connectivity index (χ2v) is 11.0. The molecule has 0 radical (unpaired) electrons. The summed E-state index contributed by atoms with van der Waals surface area (Å²) in [5.41, 5.74) is 3.30. The van der Waals surface area contributed by atoms with Crippen LogP contribution in [0.15, 0.2) is 70.9 Å². The minimum Gasteiger partial charge on any atom is -0.383 e. The highest BCUT2D eigenvalue weighted by Gasteiger charge is 2.35. The van der Waals surface area contributed by atoms with E-state index in [1.807, 2.05) is 24.0 Å². The van der Waals surface area contributed by atoms with E-state index < -0.39 is 10.0 Å². The quantitative estimate of drug-likeness (QED) is 0.487. The lowest BCUT2D eigenvalue weighted by molar-refractivity contribution is -0.133. The van der Waals surface area contributed by atoms with Gasteiger partial charge in [0, 0.05) is 25.1 Å². The number of fused-ring (bicyclic) bond motifs is 1. The molecule has 2 heterocycles. The molecule has 33 heavy (non-hydrogen) atoms. The summed E-state index contributed by atoms with van der Waals surface area (Å²) in [5.74, 6) is -0.215. The lowest BCUT2D eigenvalue weighted by atomic mass is 9.92. The SMILES string of the molecule is COCCN(CC(=O)N1CCc2sccc2C1c1ccc(C)cc1)S(=O)(=O)c1ccccc1. The third-order valence-corrected chi connectivity index (χ3v) is 8.77. The van der Waals surface area contributed by atoms with E-state index in [2.05, 4.69) is 23.6 Å². The van der Waals surface area contributed by atoms with E-state index in [1.165, 1.54) is 16.3 Å². The van der Waals surface area contributed by atoms with E-state index in [0.29, 0.717) is 6.54 Å². The molecule has 0 N–H and O–H groups in total. The Morgan fingerprint density at radius 1 is 1.12 bits per heavy atom. The van der Waals surface area contributed by atoms with Gasteiger partial charge in [-0.25, -0.2) is 8.42 Å². The summed E-state index contributed by atoms with van der Waals surface area (Å²) in [5, 5.41) is 2.06. The van der Waals surface area contributed by atoms with Gasteiger partial charge >= 0.3 is 0 Å². The molecule has 1 amide bonds. The first-order valence-electron chi connectivity index (χ1n) is 10.9. The van der Waals surface area contributed by atoms with Crippen LogP contribution in [0.5, 0.6) is 0 Å². The Hall–Kier alpha value is -2.52. The molecule has 4 rings (SSSR count). The van der Waals surface area contributed by atoms with Crippen LogP contribution in [0.4, 0.5) is 0 Å². The van der Waals surface area contributed by atoms with Gasteiger partial charge in [-0.2, -0.15) is 4.31 Å². The number of carbonyl (C=O) groups is 1. The first-order chi connectivity index (χ1) is 15.9. The van der Waals surface area contributed by atoms with Gasteiger partial charge in [-0.05, 0) is 48.1 Å². The van der Waals surface area contributed by atoms with Crippen molar-refractivity contribution in [3.63, 3.8) is 0 Å². The molecule has 2 aromatic carbocycles. The van der Waals surface area contributed by atoms with Gasteiger partial charge in [0.25, 0.3) is 0 Å². The maximum Gasteiger partial charge on any atom is 0.243 e. The van der Waals surface area contributed by atoms with Crippen molar-refractivity contribution >= 4 is 27.3 Å². The molecule has 1 aromatic heterocycles. The zero-order valence-electron chi connectivity index (χ0n) is 18.8. The number of aryl methyl sites for hydroxylation is 1. The van der Waals surface area contributed by atoms with E-state index >= 15 is 0 Å². The average molecular weight is 485 g/mol. The van der Waals surface area contributed by atoms with E-state index in [9.17, 15) is 13.2 Å². The standard InChI is InChI=1S/C25H28N2O4S2/c1-19-8-10-20(11-9-19)25-22-13-17-32-23(22)12-14-27(25)24(28)18-26(15-16-31-2)33(29,30)21-6-4-3-5-7-21/h3-11,13,17,25H,12,14-16,18H2,1-2H3. The molecule has 1 aliphatic rings. The van der Waals surface area contributed by atoms with Crippen molar-refractivity contribution in [3.05, 3.63) is 87.6 Å². The first-order valence-corrected chi connectivity index (χ1v) is 13.2. The predicted molar refractivity (Wildman–Crippen MR) is 130 cm³/mol. The van der Waals surface area contributed by atoms with Gasteiger partial charge in [0.1, 0.15) is 0 Å². The topological polar surface area (TPSA) is 66.9 Å². The molecule has 1 unspecified atom stereocenters. The van der Waals surface area contributed by atoms with Crippen LogP contribution in [0.1, 0.15) is 27.6 Å². The molecule has 0 spiro atoms. The number of carbonyl (C=O) groups excluding carboxylic acids is 1. The van der Waals surface area contributed by atoms with Crippen molar-refractivity contribution in [2.24, 2.45) is 0 Å². The van der Waals surface area contributed by atoms with Crippen LogP contribution >= 0.6 is 11.3 Å². The zero-order valence-corrected chi connectivity index (χ0v) is 20.4. The molecule has 1 aliphatic heterocycles. The fourth-order valence-corrected chi connectivity index (χ4v) is 6.45. The van der Waals surface area contributed by atoms with E-state index in [-0.39, 0.29) is 36.5 Å². The molecule has 174 valence electrons. The van der Waals surface area contributed by atoms with Crippen molar-refractivity contribution in [2.45, 2.75) is 24.3 Å². The van der Waals surface area contributed by atoms with Gasteiger partial charge in [0.2, 0.25) is 15.9 Å². The van der Waals surface area contributed by atoms with Crippen molar-refractivity contribution < 1.29 is 17.9 Å². The van der Waals surface area contributed by atoms with E-state index in [0.717, 1.165) is 23.1 Å². The molecule has 0 fully saturated rings. The van der Waals surface area contributed by atoms with Crippen molar-refractivity contribution in [2.75, 3.05) is 33.4 Å². The number of amides is 1. The highest BCUT2D eigenvalue weighted by molar-refractivity contribution is 7.89. The fourth-order valence-electron chi connectivity index (χ4n) is 4.15. The number of rotatable bonds is 8. The van der Waals surface area contributed by atoms with E-state index in [1.54, 1.807) is 41.7 Å². The summed E-state index contributed by atoms with van der Waals surface area (Å²) >= 11 is 1.71. The molecule has 0 bridgehead atoms. The Kier molecular flexibility index (Phi) is 7.29. The summed E-state index contributed by atoms with van der Waals surface area (Å²) in [4.78, 5) is 16.9. The number of ether oxygens (including phenoxy) is 1. The van der Waals surface area contributed by atoms with Crippen LogP contribution in [0.25, 0.3) is 0 Å². The van der Waals surface area contributed by atoms with Gasteiger partial charge in [-0.15, -0.1) is 11.3 Å². The monoisotopic (exact) mass is 484 g/mol. The fraction of sp³-hybridized carbons (Fsp3) is 0.320. The number of sulfonamides is 1. The predicted octanol–water partition coefficient (Wildman–Crippen LogP) is 3.87. The molecule has 0 saturated carbocycles. The largest absolute Gasteiger partial charge is 0.383 e. The van der Waals surface area contributed by atoms with E-state index in [4.69, 9.17) is 4.74 Å². The van der Waals surface area contributed by atoms with Crippen molar-refractivity contribution in [3.8, 4) is 0 Å². The van der Waals surface area contributed by atoms with Gasteiger partial charge in [-0.3, -0.25) is 4.79 Å². The maximum absolute atomic E-state index is 13.6. The number of hydrogen-bond acceptors (Lipinski definition) is 5. The van der Waals surface area contributed by atoms with Crippen LogP contribution < -0.4 is 0 Å². The van der Waals surface area contributed by atoms with Crippen LogP contribution in [0.3, 0.4) is 0 Å². The molecular weight excluding hydrogens is 456 g/mol. The Balaban J connectivity index is 1.65. The van der Waals surface area contributed by atoms with Gasteiger partial charge in [0.15, 0.2) is 0 Å². The van der Waals surface area contributed by atoms with Crippen molar-refractivity contribution in [1.29, 1.82) is 0 Å². The average Bonchev–Trinajstić information content (AvgIpc) is 3.31. The molecular formula is C25H28N2O4S2. The molecule has 6 nitrogen and oxygen atoms in total. The summed E-state index contributed by atoms with van der Waals surface area (Å²) < 4.78 is 33.0.